The fourth-order valence-electron chi connectivity index (χ4n) is 1.25. The van der Waals surface area contributed by atoms with E-state index in [1.54, 1.807) is 0 Å². The third kappa shape index (κ3) is 2.64. The van der Waals surface area contributed by atoms with Crippen LogP contribution < -0.4 is 0 Å². The van der Waals surface area contributed by atoms with Crippen LogP contribution in [-0.4, -0.2) is 10.1 Å². The lowest BCUT2D eigenvalue weighted by molar-refractivity contribution is 0.409. The predicted octanol–water partition coefficient (Wildman–Crippen LogP) is 4.30. The summed E-state index contributed by atoms with van der Waals surface area (Å²) in [7, 11) is 0. The summed E-state index contributed by atoms with van der Waals surface area (Å²) in [4.78, 5) is 4.01. The first-order valence-corrected chi connectivity index (χ1v) is 6.69. The fraction of sp³-hybridized carbons (Fsp3) is 0.200. The van der Waals surface area contributed by atoms with E-state index in [9.17, 15) is 0 Å². The van der Waals surface area contributed by atoms with Gasteiger partial charge in [-0.1, -0.05) is 60.8 Å². The van der Waals surface area contributed by atoms with Crippen LogP contribution in [0.3, 0.4) is 0 Å². The third-order valence-corrected chi connectivity index (χ3v) is 5.03. The van der Waals surface area contributed by atoms with Crippen molar-refractivity contribution in [2.24, 2.45) is 0 Å². The topological polar surface area (TPSA) is 38.9 Å². The van der Waals surface area contributed by atoms with Gasteiger partial charge in [0.05, 0.1) is 9.65 Å². The summed E-state index contributed by atoms with van der Waals surface area (Å²) in [5.41, 5.74) is 1.09. The molecule has 2 atom stereocenters. The molecule has 0 fully saturated rings. The lowest BCUT2D eigenvalue weighted by Gasteiger charge is -2.13. The molecule has 6 heteroatoms. The summed E-state index contributed by atoms with van der Waals surface area (Å²) in [5, 5.41) is 4.51. The summed E-state index contributed by atoms with van der Waals surface area (Å²) in [6.45, 7) is 0. The molecular weight excluding hydrogens is 359 g/mol. The number of benzene rings is 1. The van der Waals surface area contributed by atoms with E-state index in [0.29, 0.717) is 10.8 Å². The van der Waals surface area contributed by atoms with Gasteiger partial charge >= 0.3 is 0 Å². The number of aromatic nitrogens is 2. The molecule has 0 saturated heterocycles. The van der Waals surface area contributed by atoms with Gasteiger partial charge in [0.2, 0.25) is 6.39 Å². The summed E-state index contributed by atoms with van der Waals surface area (Å²) in [6.07, 6.45) is 1.31. The molecule has 2 aromatic rings. The zero-order valence-corrected chi connectivity index (χ0v) is 11.9. The molecule has 0 N–H and O–H groups in total. The molecule has 0 amide bonds. The zero-order valence-electron chi connectivity index (χ0n) is 7.98. The fourth-order valence-corrected chi connectivity index (χ4v) is 2.42. The van der Waals surface area contributed by atoms with Crippen molar-refractivity contribution in [3.05, 3.63) is 47.1 Å². The van der Waals surface area contributed by atoms with Crippen molar-refractivity contribution in [1.29, 1.82) is 0 Å². The molecule has 0 radical (unpaired) electrons. The van der Waals surface area contributed by atoms with Crippen molar-refractivity contribution in [2.45, 2.75) is 9.65 Å². The molecule has 0 bridgehead atoms. The zero-order chi connectivity index (χ0) is 11.5. The van der Waals surface area contributed by atoms with Crippen LogP contribution in [0.5, 0.6) is 0 Å². The Morgan fingerprint density at radius 2 is 1.81 bits per heavy atom. The van der Waals surface area contributed by atoms with E-state index in [1.807, 2.05) is 24.3 Å². The van der Waals surface area contributed by atoms with Gasteiger partial charge in [-0.3, -0.25) is 0 Å². The Morgan fingerprint density at radius 3 is 2.38 bits per heavy atom. The molecular formula is C10H7Br2ClN2O. The van der Waals surface area contributed by atoms with Gasteiger partial charge in [-0.15, -0.1) is 0 Å². The van der Waals surface area contributed by atoms with Crippen LogP contribution in [0.4, 0.5) is 0 Å². The summed E-state index contributed by atoms with van der Waals surface area (Å²) < 4.78 is 4.71. The summed E-state index contributed by atoms with van der Waals surface area (Å²) >= 11 is 12.9. The molecule has 2 unspecified atom stereocenters. The molecule has 1 heterocycles. The van der Waals surface area contributed by atoms with Crippen molar-refractivity contribution >= 4 is 43.5 Å². The third-order valence-electron chi connectivity index (χ3n) is 2.07. The quantitative estimate of drug-likeness (QED) is 0.761. The Hall–Kier alpha value is -0.390. The maximum absolute atomic E-state index is 5.83. The Morgan fingerprint density at radius 1 is 1.12 bits per heavy atom. The molecule has 0 spiro atoms. The van der Waals surface area contributed by atoms with Gasteiger partial charge in [0, 0.05) is 5.02 Å². The van der Waals surface area contributed by atoms with Gasteiger partial charge < -0.3 is 4.52 Å². The molecule has 2 rings (SSSR count). The predicted molar refractivity (Wildman–Crippen MR) is 69.1 cm³/mol. The van der Waals surface area contributed by atoms with E-state index in [-0.39, 0.29) is 9.65 Å². The first-order valence-electron chi connectivity index (χ1n) is 4.48. The van der Waals surface area contributed by atoms with E-state index in [4.69, 9.17) is 16.1 Å². The minimum Gasteiger partial charge on any atom is -0.343 e. The smallest absolute Gasteiger partial charge is 0.213 e. The number of nitrogens with zero attached hydrogens (tertiary/aromatic N) is 2. The van der Waals surface area contributed by atoms with Crippen molar-refractivity contribution < 1.29 is 4.52 Å². The van der Waals surface area contributed by atoms with Gasteiger partial charge in [0.1, 0.15) is 0 Å². The van der Waals surface area contributed by atoms with Crippen LogP contribution in [-0.2, 0) is 0 Å². The molecule has 84 valence electrons. The monoisotopic (exact) mass is 364 g/mol. The number of alkyl halides is 2. The molecule has 0 aliphatic heterocycles. The van der Waals surface area contributed by atoms with Crippen molar-refractivity contribution in [3.63, 3.8) is 0 Å². The Bertz CT molecular complexity index is 446. The SMILES string of the molecule is Clc1ccc(C(Br)C(Br)c2ncon2)cc1. The normalized spacial score (nSPS) is 14.7. The molecule has 1 aromatic heterocycles. The molecule has 1 aromatic carbocycles. The summed E-state index contributed by atoms with van der Waals surface area (Å²) in [5.74, 6) is 0.608. The van der Waals surface area contributed by atoms with Crippen LogP contribution in [0.2, 0.25) is 5.02 Å². The highest BCUT2D eigenvalue weighted by Gasteiger charge is 2.23. The standard InChI is InChI=1S/C10H7Br2ClN2O/c11-8(6-1-3-7(13)4-2-6)9(12)10-14-5-16-15-10/h1-5,8-9H. The second-order valence-corrected chi connectivity index (χ2v) is 5.55. The maximum Gasteiger partial charge on any atom is 0.213 e. The Kier molecular flexibility index (Phi) is 4.00. The van der Waals surface area contributed by atoms with Crippen molar-refractivity contribution in [2.75, 3.05) is 0 Å². The number of hydrogen-bond donors (Lipinski definition) is 0. The van der Waals surface area contributed by atoms with Crippen LogP contribution in [0.1, 0.15) is 21.0 Å². The van der Waals surface area contributed by atoms with Crippen molar-refractivity contribution in [3.8, 4) is 0 Å². The number of halogens is 3. The second-order valence-electron chi connectivity index (χ2n) is 3.14. The van der Waals surface area contributed by atoms with E-state index in [1.165, 1.54) is 6.39 Å². The first kappa shape index (κ1) is 12.1. The largest absolute Gasteiger partial charge is 0.343 e. The molecule has 16 heavy (non-hydrogen) atoms. The first-order chi connectivity index (χ1) is 7.68. The highest BCUT2D eigenvalue weighted by atomic mass is 79.9. The average molecular weight is 366 g/mol. The molecule has 0 aliphatic rings. The maximum atomic E-state index is 5.83. The van der Waals surface area contributed by atoms with Gasteiger partial charge in [0.25, 0.3) is 0 Å². The van der Waals surface area contributed by atoms with Gasteiger partial charge in [0.15, 0.2) is 5.82 Å². The van der Waals surface area contributed by atoms with Gasteiger partial charge in [-0.25, -0.2) is 0 Å². The minimum atomic E-state index is -0.0487. The Labute approximate surface area is 114 Å². The van der Waals surface area contributed by atoms with Gasteiger partial charge in [-0.05, 0) is 17.7 Å². The van der Waals surface area contributed by atoms with Crippen LogP contribution >= 0.6 is 43.5 Å². The lowest BCUT2D eigenvalue weighted by atomic mass is 10.1. The van der Waals surface area contributed by atoms with E-state index in [2.05, 4.69) is 42.0 Å². The van der Waals surface area contributed by atoms with Crippen LogP contribution in [0.15, 0.2) is 35.2 Å². The highest BCUT2D eigenvalue weighted by molar-refractivity contribution is 9.12. The van der Waals surface area contributed by atoms with Crippen molar-refractivity contribution in [1.82, 2.24) is 10.1 Å². The Balaban J connectivity index is 2.19. The molecule has 3 nitrogen and oxygen atoms in total. The average Bonchev–Trinajstić information content (AvgIpc) is 2.81. The van der Waals surface area contributed by atoms with E-state index < -0.39 is 0 Å². The number of hydrogen-bond acceptors (Lipinski definition) is 3. The molecule has 0 saturated carbocycles. The van der Waals surface area contributed by atoms with Crippen LogP contribution in [0.25, 0.3) is 0 Å². The molecule has 0 aliphatic carbocycles. The van der Waals surface area contributed by atoms with E-state index in [0.717, 1.165) is 5.56 Å². The van der Waals surface area contributed by atoms with Gasteiger partial charge in [-0.2, -0.15) is 4.98 Å². The second kappa shape index (κ2) is 5.29. The minimum absolute atomic E-state index is 0.0487. The summed E-state index contributed by atoms with van der Waals surface area (Å²) in [6, 6.07) is 7.61. The highest BCUT2D eigenvalue weighted by Crippen LogP contribution is 2.40. The lowest BCUT2D eigenvalue weighted by Crippen LogP contribution is -2.01. The van der Waals surface area contributed by atoms with E-state index >= 15 is 0 Å². The van der Waals surface area contributed by atoms with Crippen LogP contribution in [0, 0.1) is 0 Å². The number of rotatable bonds is 3.